The lowest BCUT2D eigenvalue weighted by atomic mass is 10.2. The number of carbonyl (C=O) groups is 3. The molecule has 2 atom stereocenters. The maximum Gasteiger partial charge on any atom is 0.414 e. The summed E-state index contributed by atoms with van der Waals surface area (Å²) in [6, 6.07) is 4.39. The van der Waals surface area contributed by atoms with Crippen molar-refractivity contribution in [2.24, 2.45) is 10.2 Å². The largest absolute Gasteiger partial charge is 0.442 e. The molecule has 2 fully saturated rings. The van der Waals surface area contributed by atoms with E-state index in [2.05, 4.69) is 30.8 Å². The van der Waals surface area contributed by atoms with Crippen LogP contribution < -0.4 is 19.6 Å². The average molecular weight is 769 g/mol. The second-order valence-electron chi connectivity index (χ2n) is 12.5. The molecule has 19 nitrogen and oxygen atoms in total. The molecule has 4 aliphatic heterocycles. The first-order chi connectivity index (χ1) is 26.6. The summed E-state index contributed by atoms with van der Waals surface area (Å²) in [5.41, 5.74) is -0.341. The summed E-state index contributed by atoms with van der Waals surface area (Å²) in [4.78, 5) is 40.0. The van der Waals surface area contributed by atoms with Gasteiger partial charge < -0.3 is 19.3 Å². The van der Waals surface area contributed by atoms with Gasteiger partial charge in [0.15, 0.2) is 23.3 Å². The smallest absolute Gasteiger partial charge is 0.414 e. The summed E-state index contributed by atoms with van der Waals surface area (Å²) < 4.78 is 72.0. The number of hydrogen-bond donors (Lipinski definition) is 0. The SMILES string of the molecule is CN1CCN(c2c(F)cc(N3C[C@H](Cn4ccnn4)OC3=O)cc2F)C=N1.O=CN1CCN(c2c(F)cc(N3C[C@H](Cn4ccnn4)OC3=O)cc2F)C=N1. The van der Waals surface area contributed by atoms with E-state index in [4.69, 9.17) is 9.47 Å². The topological polar surface area (TPSA) is 175 Å². The molecule has 3 amide bonds. The molecule has 2 saturated heterocycles. The highest BCUT2D eigenvalue weighted by molar-refractivity contribution is 5.91. The number of aromatic nitrogens is 6. The first-order valence-corrected chi connectivity index (χ1v) is 16.7. The number of rotatable bonds is 9. The maximum absolute atomic E-state index is 14.6. The Morgan fingerprint density at radius 2 is 1.15 bits per heavy atom. The molecule has 0 spiro atoms. The highest BCUT2D eigenvalue weighted by Crippen LogP contribution is 2.33. The molecule has 0 unspecified atom stereocenters. The number of anilines is 4. The molecule has 0 N–H and O–H groups in total. The summed E-state index contributed by atoms with van der Waals surface area (Å²) in [5.74, 6) is -3.25. The van der Waals surface area contributed by atoms with E-state index in [1.54, 1.807) is 24.5 Å². The average Bonchev–Trinajstić information content (AvgIpc) is 3.99. The van der Waals surface area contributed by atoms with Crippen LogP contribution in [0, 0.1) is 23.3 Å². The predicted molar refractivity (Wildman–Crippen MR) is 185 cm³/mol. The summed E-state index contributed by atoms with van der Waals surface area (Å²) in [6.07, 6.45) is 6.98. The number of cyclic esters (lactones) is 2. The van der Waals surface area contributed by atoms with E-state index in [9.17, 15) is 31.9 Å². The van der Waals surface area contributed by atoms with Gasteiger partial charge >= 0.3 is 12.2 Å². The standard InChI is InChI=1S/C16H15F2N7O3.C16H17F2N7O2/c17-13-5-11(6-14(18)15(13)22-3-4-24(10-26)20-9-22)25-8-12(28-16(25)27)7-23-2-1-19-21-23;1-22-4-5-23(10-20-22)15-13(17)6-11(7-14(15)18)25-9-12(27-16(25)26)8-24-3-2-19-21-24/h1-2,5-6,9-10,12H,3-4,7-8H2;2-3,6-7,10,12H,4-5,8-9H2,1H3/t2*12-/m00/s1. The van der Waals surface area contributed by atoms with Gasteiger partial charge in [-0.1, -0.05) is 10.4 Å². The lowest BCUT2D eigenvalue weighted by Crippen LogP contribution is -2.38. The number of nitrogens with zero attached hydrogens (tertiary/aromatic N) is 14. The number of likely N-dealkylation sites (N-methyl/N-ethyl adjacent to an activating group) is 1. The van der Waals surface area contributed by atoms with Gasteiger partial charge in [-0.25, -0.2) is 41.5 Å². The minimum atomic E-state index is -0.853. The molecule has 0 bridgehead atoms. The molecule has 288 valence electrons. The highest BCUT2D eigenvalue weighted by Gasteiger charge is 2.35. The molecule has 6 heterocycles. The number of hydrogen-bond acceptors (Lipinski definition) is 14. The van der Waals surface area contributed by atoms with Crippen LogP contribution in [-0.2, 0) is 27.4 Å². The van der Waals surface area contributed by atoms with E-state index in [1.165, 1.54) is 49.1 Å². The zero-order chi connectivity index (χ0) is 38.6. The fourth-order valence-corrected chi connectivity index (χ4v) is 6.09. The van der Waals surface area contributed by atoms with Crippen LogP contribution in [0.3, 0.4) is 0 Å². The van der Waals surface area contributed by atoms with Crippen molar-refractivity contribution < 1.29 is 41.4 Å². The summed E-state index contributed by atoms with van der Waals surface area (Å²) >= 11 is 0. The Labute approximate surface area is 309 Å². The van der Waals surface area contributed by atoms with E-state index in [0.29, 0.717) is 26.0 Å². The van der Waals surface area contributed by atoms with E-state index < -0.39 is 47.7 Å². The molecule has 2 aromatic heterocycles. The van der Waals surface area contributed by atoms with Gasteiger partial charge in [-0.2, -0.15) is 10.2 Å². The van der Waals surface area contributed by atoms with Gasteiger partial charge in [-0.05, 0) is 0 Å². The third-order valence-electron chi connectivity index (χ3n) is 8.76. The van der Waals surface area contributed by atoms with Gasteiger partial charge in [0.25, 0.3) is 0 Å². The Kier molecular flexibility index (Phi) is 10.4. The lowest BCUT2D eigenvalue weighted by molar-refractivity contribution is -0.118. The van der Waals surface area contributed by atoms with Crippen molar-refractivity contribution in [1.29, 1.82) is 0 Å². The molecular weight excluding hydrogens is 736 g/mol. The lowest BCUT2D eigenvalue weighted by Gasteiger charge is -2.28. The second-order valence-corrected chi connectivity index (χ2v) is 12.5. The molecule has 8 rings (SSSR count). The van der Waals surface area contributed by atoms with E-state index in [0.717, 1.165) is 34.2 Å². The molecule has 2 aromatic carbocycles. The first-order valence-electron chi connectivity index (χ1n) is 16.7. The van der Waals surface area contributed by atoms with Crippen molar-refractivity contribution in [2.75, 3.05) is 65.9 Å². The number of halogens is 4. The summed E-state index contributed by atoms with van der Waals surface area (Å²) in [7, 11) is 1.78. The zero-order valence-corrected chi connectivity index (χ0v) is 29.0. The number of ether oxygens (including phenoxy) is 2. The predicted octanol–water partition coefficient (Wildman–Crippen LogP) is 2.08. The molecule has 0 saturated carbocycles. The van der Waals surface area contributed by atoms with Gasteiger partial charge in [0.2, 0.25) is 6.41 Å². The van der Waals surface area contributed by atoms with Crippen LogP contribution >= 0.6 is 0 Å². The van der Waals surface area contributed by atoms with Crippen LogP contribution in [0.4, 0.5) is 49.9 Å². The van der Waals surface area contributed by atoms with E-state index in [1.807, 2.05) is 0 Å². The number of hydrazone groups is 2. The number of amides is 3. The van der Waals surface area contributed by atoms with Gasteiger partial charge in [0, 0.05) is 56.8 Å². The summed E-state index contributed by atoms with van der Waals surface area (Å²) in [6.45, 7) is 2.19. The molecule has 23 heteroatoms. The quantitative estimate of drug-likeness (QED) is 0.179. The third-order valence-corrected chi connectivity index (χ3v) is 8.76. The van der Waals surface area contributed by atoms with Crippen LogP contribution in [0.25, 0.3) is 0 Å². The number of carbonyl (C=O) groups excluding carboxylic acids is 3. The highest BCUT2D eigenvalue weighted by atomic mass is 19.1. The molecule has 0 radical (unpaired) electrons. The van der Waals surface area contributed by atoms with Crippen molar-refractivity contribution in [3.05, 3.63) is 72.3 Å². The molecule has 0 aliphatic carbocycles. The van der Waals surface area contributed by atoms with Crippen LogP contribution in [0.2, 0.25) is 0 Å². The molecule has 4 aliphatic rings. The van der Waals surface area contributed by atoms with E-state index >= 15 is 0 Å². The third kappa shape index (κ3) is 8.08. The molecule has 55 heavy (non-hydrogen) atoms. The van der Waals surface area contributed by atoms with Crippen molar-refractivity contribution >= 4 is 54.0 Å². The minimum absolute atomic E-state index is 0.0494. The van der Waals surface area contributed by atoms with Crippen LogP contribution in [-0.4, -0.2) is 130 Å². The summed E-state index contributed by atoms with van der Waals surface area (Å²) in [5, 5.41) is 25.6. The molecule has 4 aromatic rings. The second kappa shape index (κ2) is 15.7. The minimum Gasteiger partial charge on any atom is -0.442 e. The monoisotopic (exact) mass is 768 g/mol. The Bertz CT molecular complexity index is 2040. The van der Waals surface area contributed by atoms with Gasteiger partial charge in [-0.3, -0.25) is 19.6 Å². The zero-order valence-electron chi connectivity index (χ0n) is 29.0. The Hall–Kier alpha value is -6.81. The van der Waals surface area contributed by atoms with Crippen molar-refractivity contribution in [3.8, 4) is 0 Å². The van der Waals surface area contributed by atoms with Crippen molar-refractivity contribution in [1.82, 2.24) is 40.0 Å². The number of benzene rings is 2. The van der Waals surface area contributed by atoms with Crippen molar-refractivity contribution in [3.63, 3.8) is 0 Å². The van der Waals surface area contributed by atoms with E-state index in [-0.39, 0.29) is 55.5 Å². The Morgan fingerprint density at radius 3 is 1.51 bits per heavy atom. The van der Waals surface area contributed by atoms with Crippen LogP contribution in [0.1, 0.15) is 0 Å². The normalized spacial score (nSPS) is 19.5. The molecular formula is C32H32F4N14O5. The van der Waals surface area contributed by atoms with Gasteiger partial charge in [0.1, 0.15) is 36.3 Å². The van der Waals surface area contributed by atoms with Crippen LogP contribution in [0.15, 0.2) is 59.3 Å². The van der Waals surface area contributed by atoms with Crippen molar-refractivity contribution in [2.45, 2.75) is 25.3 Å². The fraction of sp³-hybridized carbons (Fsp3) is 0.344. The Balaban J connectivity index is 0.000000169. The van der Waals surface area contributed by atoms with Crippen LogP contribution in [0.5, 0.6) is 0 Å². The van der Waals surface area contributed by atoms with Gasteiger partial charge in [-0.15, -0.1) is 10.2 Å². The maximum atomic E-state index is 14.6. The fourth-order valence-electron chi connectivity index (χ4n) is 6.09. The van der Waals surface area contributed by atoms with Gasteiger partial charge in [0.05, 0.1) is 63.0 Å². The Morgan fingerprint density at radius 1 is 0.691 bits per heavy atom. The first kappa shape index (κ1) is 36.5.